The molecule has 0 saturated heterocycles. The van der Waals surface area contributed by atoms with Crippen LogP contribution in [0.5, 0.6) is 0 Å². The zero-order valence-electron chi connectivity index (χ0n) is 10.7. The van der Waals surface area contributed by atoms with Gasteiger partial charge in [-0.3, -0.25) is 0 Å². The normalized spacial score (nSPS) is 12.7. The number of unbranched alkanes of at least 4 members (excludes halogenated alkanes) is 2. The molecule has 0 radical (unpaired) electrons. The number of nitrogens with two attached hydrogens (primary N) is 1. The van der Waals surface area contributed by atoms with Crippen molar-refractivity contribution in [1.82, 2.24) is 0 Å². The predicted octanol–water partition coefficient (Wildman–Crippen LogP) is 3.69. The van der Waals surface area contributed by atoms with Gasteiger partial charge in [-0.2, -0.15) is 0 Å². The largest absolute Gasteiger partial charge is 0.330 e. The topological polar surface area (TPSA) is 26.0 Å². The highest BCUT2D eigenvalue weighted by atomic mass is 14.5. The first-order valence-corrected chi connectivity index (χ1v) is 6.52. The lowest BCUT2D eigenvalue weighted by Crippen LogP contribution is -2.16. The number of hydrogen-bond acceptors (Lipinski definition) is 1. The molecule has 0 aliphatic heterocycles. The van der Waals surface area contributed by atoms with E-state index in [4.69, 9.17) is 5.73 Å². The van der Waals surface area contributed by atoms with E-state index >= 15 is 0 Å². The third-order valence-electron chi connectivity index (χ3n) is 3.19. The summed E-state index contributed by atoms with van der Waals surface area (Å²) >= 11 is 0. The Balaban J connectivity index is 2.40. The lowest BCUT2D eigenvalue weighted by atomic mass is 9.93. The summed E-state index contributed by atoms with van der Waals surface area (Å²) in [7, 11) is 0. The second-order valence-electron chi connectivity index (χ2n) is 4.79. The van der Waals surface area contributed by atoms with Crippen LogP contribution in [0.15, 0.2) is 24.3 Å². The molecular weight excluding hydrogens is 194 g/mol. The van der Waals surface area contributed by atoms with Crippen molar-refractivity contribution in [1.29, 1.82) is 0 Å². The van der Waals surface area contributed by atoms with Gasteiger partial charge in [0, 0.05) is 0 Å². The van der Waals surface area contributed by atoms with Crippen molar-refractivity contribution in [3.05, 3.63) is 35.4 Å². The third-order valence-corrected chi connectivity index (χ3v) is 3.19. The molecule has 0 spiro atoms. The van der Waals surface area contributed by atoms with Gasteiger partial charge in [-0.15, -0.1) is 0 Å². The van der Waals surface area contributed by atoms with Gasteiger partial charge in [-0.25, -0.2) is 0 Å². The Hall–Kier alpha value is -0.820. The highest BCUT2D eigenvalue weighted by Gasteiger charge is 2.07. The smallest absolute Gasteiger partial charge is 0.00457 e. The summed E-state index contributed by atoms with van der Waals surface area (Å²) in [6, 6.07) is 8.85. The number of benzene rings is 1. The van der Waals surface area contributed by atoms with E-state index in [9.17, 15) is 0 Å². The first kappa shape index (κ1) is 13.2. The molecule has 1 unspecified atom stereocenters. The minimum absolute atomic E-state index is 0.661. The molecule has 16 heavy (non-hydrogen) atoms. The van der Waals surface area contributed by atoms with Gasteiger partial charge in [0.2, 0.25) is 0 Å². The summed E-state index contributed by atoms with van der Waals surface area (Å²) in [6.45, 7) is 5.19. The van der Waals surface area contributed by atoms with Crippen molar-refractivity contribution < 1.29 is 0 Å². The Morgan fingerprint density at radius 1 is 1.12 bits per heavy atom. The van der Waals surface area contributed by atoms with Crippen LogP contribution in [0, 0.1) is 12.8 Å². The van der Waals surface area contributed by atoms with Crippen molar-refractivity contribution in [3.63, 3.8) is 0 Å². The molecule has 0 aliphatic rings. The molecule has 90 valence electrons. The van der Waals surface area contributed by atoms with E-state index in [-0.39, 0.29) is 0 Å². The van der Waals surface area contributed by atoms with Crippen LogP contribution in [0.25, 0.3) is 0 Å². The number of hydrogen-bond donors (Lipinski definition) is 1. The SMILES string of the molecule is CCCCCC(CN)Cc1ccc(C)cc1. The standard InChI is InChI=1S/C15H25N/c1-3-4-5-6-15(12-16)11-14-9-7-13(2)8-10-14/h7-10,15H,3-6,11-12,16H2,1-2H3. The van der Waals surface area contributed by atoms with Gasteiger partial charge in [0.1, 0.15) is 0 Å². The second-order valence-corrected chi connectivity index (χ2v) is 4.79. The Bertz CT molecular complexity index is 276. The lowest BCUT2D eigenvalue weighted by Gasteiger charge is -2.14. The fourth-order valence-corrected chi connectivity index (χ4v) is 2.04. The zero-order chi connectivity index (χ0) is 11.8. The van der Waals surface area contributed by atoms with Crippen LogP contribution in [-0.2, 0) is 6.42 Å². The minimum Gasteiger partial charge on any atom is -0.330 e. The van der Waals surface area contributed by atoms with E-state index < -0.39 is 0 Å². The van der Waals surface area contributed by atoms with Crippen LogP contribution in [0.1, 0.15) is 43.7 Å². The van der Waals surface area contributed by atoms with Gasteiger partial charge >= 0.3 is 0 Å². The third kappa shape index (κ3) is 4.80. The van der Waals surface area contributed by atoms with Crippen molar-refractivity contribution in [2.45, 2.75) is 46.0 Å². The molecule has 0 bridgehead atoms. The van der Waals surface area contributed by atoms with E-state index in [1.54, 1.807) is 0 Å². The van der Waals surface area contributed by atoms with Crippen LogP contribution in [-0.4, -0.2) is 6.54 Å². The van der Waals surface area contributed by atoms with Gasteiger partial charge in [-0.1, -0.05) is 56.0 Å². The minimum atomic E-state index is 0.661. The fraction of sp³-hybridized carbons (Fsp3) is 0.600. The Kier molecular flexibility index (Phi) is 6.17. The molecule has 0 amide bonds. The summed E-state index contributed by atoms with van der Waals surface area (Å²) in [5.41, 5.74) is 8.59. The maximum absolute atomic E-state index is 5.83. The molecule has 1 rings (SSSR count). The Morgan fingerprint density at radius 3 is 2.38 bits per heavy atom. The maximum atomic E-state index is 5.83. The lowest BCUT2D eigenvalue weighted by molar-refractivity contribution is 0.464. The van der Waals surface area contributed by atoms with E-state index in [2.05, 4.69) is 38.1 Å². The van der Waals surface area contributed by atoms with Crippen molar-refractivity contribution in [2.24, 2.45) is 11.7 Å². The number of rotatable bonds is 7. The molecule has 1 aromatic rings. The molecule has 1 nitrogen and oxygen atoms in total. The zero-order valence-corrected chi connectivity index (χ0v) is 10.7. The van der Waals surface area contributed by atoms with E-state index in [0.29, 0.717) is 5.92 Å². The molecule has 0 saturated carbocycles. The number of aryl methyl sites for hydroxylation is 1. The molecule has 1 heteroatoms. The molecule has 1 aromatic carbocycles. The Morgan fingerprint density at radius 2 is 1.81 bits per heavy atom. The van der Waals surface area contributed by atoms with Crippen molar-refractivity contribution in [3.8, 4) is 0 Å². The second kappa shape index (κ2) is 7.45. The Labute approximate surface area is 100 Å². The van der Waals surface area contributed by atoms with Gasteiger partial charge in [0.05, 0.1) is 0 Å². The summed E-state index contributed by atoms with van der Waals surface area (Å²) in [5, 5.41) is 0. The van der Waals surface area contributed by atoms with Crippen LogP contribution < -0.4 is 5.73 Å². The summed E-state index contributed by atoms with van der Waals surface area (Å²) in [6.07, 6.45) is 6.37. The molecule has 0 aromatic heterocycles. The highest BCUT2D eigenvalue weighted by molar-refractivity contribution is 5.21. The van der Waals surface area contributed by atoms with Crippen LogP contribution in [0.3, 0.4) is 0 Å². The van der Waals surface area contributed by atoms with Crippen molar-refractivity contribution in [2.75, 3.05) is 6.54 Å². The predicted molar refractivity (Wildman–Crippen MR) is 71.6 cm³/mol. The van der Waals surface area contributed by atoms with E-state index in [1.165, 1.54) is 36.8 Å². The fourth-order valence-electron chi connectivity index (χ4n) is 2.04. The molecular formula is C15H25N. The van der Waals surface area contributed by atoms with Crippen LogP contribution in [0.2, 0.25) is 0 Å². The highest BCUT2D eigenvalue weighted by Crippen LogP contribution is 2.15. The van der Waals surface area contributed by atoms with Crippen LogP contribution >= 0.6 is 0 Å². The maximum Gasteiger partial charge on any atom is -0.00457 e. The summed E-state index contributed by atoms with van der Waals surface area (Å²) < 4.78 is 0. The summed E-state index contributed by atoms with van der Waals surface area (Å²) in [5.74, 6) is 0.661. The monoisotopic (exact) mass is 219 g/mol. The first-order valence-electron chi connectivity index (χ1n) is 6.52. The average molecular weight is 219 g/mol. The average Bonchev–Trinajstić information content (AvgIpc) is 2.31. The first-order chi connectivity index (χ1) is 7.76. The van der Waals surface area contributed by atoms with Crippen LogP contribution in [0.4, 0.5) is 0 Å². The molecule has 1 atom stereocenters. The molecule has 0 fully saturated rings. The van der Waals surface area contributed by atoms with Gasteiger partial charge < -0.3 is 5.73 Å². The molecule has 2 N–H and O–H groups in total. The van der Waals surface area contributed by atoms with Gasteiger partial charge in [0.25, 0.3) is 0 Å². The van der Waals surface area contributed by atoms with Crippen molar-refractivity contribution >= 4 is 0 Å². The summed E-state index contributed by atoms with van der Waals surface area (Å²) in [4.78, 5) is 0. The van der Waals surface area contributed by atoms with Gasteiger partial charge in [-0.05, 0) is 37.8 Å². The quantitative estimate of drug-likeness (QED) is 0.695. The van der Waals surface area contributed by atoms with E-state index in [1.807, 2.05) is 0 Å². The van der Waals surface area contributed by atoms with Gasteiger partial charge in [0.15, 0.2) is 0 Å². The molecule has 0 aliphatic carbocycles. The molecule has 0 heterocycles. The van der Waals surface area contributed by atoms with E-state index in [0.717, 1.165) is 13.0 Å².